The Balaban J connectivity index is 1.43. The Morgan fingerprint density at radius 1 is 1.00 bits per heavy atom. The highest BCUT2D eigenvalue weighted by molar-refractivity contribution is 7.87. The molecule has 2 unspecified atom stereocenters. The maximum absolute atomic E-state index is 13.9. The Morgan fingerprint density at radius 3 is 2.30 bits per heavy atom. The van der Waals surface area contributed by atoms with Gasteiger partial charge in [-0.05, 0) is 55.4 Å². The van der Waals surface area contributed by atoms with Gasteiger partial charge in [-0.1, -0.05) is 36.4 Å². The second kappa shape index (κ2) is 7.20. The fourth-order valence-electron chi connectivity index (χ4n) is 6.39. The predicted molar refractivity (Wildman–Crippen MR) is 112 cm³/mol. The number of halogens is 2. The van der Waals surface area contributed by atoms with Gasteiger partial charge in [0.15, 0.2) is 0 Å². The van der Waals surface area contributed by atoms with Crippen molar-refractivity contribution in [2.24, 2.45) is 17.3 Å². The minimum atomic E-state index is -5.98. The molecule has 4 bridgehead atoms. The fraction of sp³-hybridized carbons (Fsp3) is 0.478. The molecule has 0 saturated heterocycles. The van der Waals surface area contributed by atoms with Gasteiger partial charge in [-0.2, -0.15) is 17.2 Å². The lowest BCUT2D eigenvalue weighted by Gasteiger charge is -2.59. The second-order valence-electron chi connectivity index (χ2n) is 9.67. The first kappa shape index (κ1) is 22.2. The van der Waals surface area contributed by atoms with Crippen LogP contribution in [0.5, 0.6) is 5.75 Å². The summed E-state index contributed by atoms with van der Waals surface area (Å²) in [6, 6.07) is 12.8. The molecule has 0 amide bonds. The van der Waals surface area contributed by atoms with Crippen molar-refractivity contribution in [3.05, 3.63) is 42.5 Å². The molecular formula is C23H22F2O7S. The van der Waals surface area contributed by atoms with Crippen LogP contribution in [0, 0.1) is 17.3 Å². The molecule has 176 valence electrons. The summed E-state index contributed by atoms with van der Waals surface area (Å²) in [5, 5.41) is -3.43. The van der Waals surface area contributed by atoms with E-state index in [-0.39, 0.29) is 31.1 Å². The van der Waals surface area contributed by atoms with E-state index in [1.54, 1.807) is 12.1 Å². The number of carbonyl (C=O) groups excluding carboxylic acids is 2. The van der Waals surface area contributed by atoms with Crippen molar-refractivity contribution in [1.82, 2.24) is 0 Å². The lowest BCUT2D eigenvalue weighted by atomic mass is 9.48. The molecule has 0 radical (unpaired) electrons. The summed E-state index contributed by atoms with van der Waals surface area (Å²) in [4.78, 5) is 25.5. The summed E-state index contributed by atoms with van der Waals surface area (Å²) in [5.74, 6) is -2.52. The van der Waals surface area contributed by atoms with Crippen LogP contribution in [0.3, 0.4) is 0 Å². The SMILES string of the molecule is O=C(Oc1cccc2ccccc12)C12CC3CC(CC(OC(=O)C(F)(F)S(=O)(=O)O)(C3)C1)C2. The zero-order chi connectivity index (χ0) is 23.6. The summed E-state index contributed by atoms with van der Waals surface area (Å²) >= 11 is 0. The molecule has 33 heavy (non-hydrogen) atoms. The summed E-state index contributed by atoms with van der Waals surface area (Å²) in [7, 11) is -5.98. The molecule has 2 aromatic carbocycles. The largest absolute Gasteiger partial charge is 0.465 e. The molecule has 10 heteroatoms. The van der Waals surface area contributed by atoms with Crippen LogP contribution < -0.4 is 4.74 Å². The molecule has 4 fully saturated rings. The van der Waals surface area contributed by atoms with Crippen LogP contribution in [0.2, 0.25) is 0 Å². The van der Waals surface area contributed by atoms with E-state index < -0.39 is 38.3 Å². The van der Waals surface area contributed by atoms with Gasteiger partial charge in [0.1, 0.15) is 11.4 Å². The molecule has 4 aliphatic rings. The van der Waals surface area contributed by atoms with Crippen LogP contribution in [0.4, 0.5) is 8.78 Å². The third-order valence-corrected chi connectivity index (χ3v) is 8.08. The van der Waals surface area contributed by atoms with Gasteiger partial charge in [-0.3, -0.25) is 9.35 Å². The lowest BCUT2D eigenvalue weighted by molar-refractivity contribution is -0.218. The van der Waals surface area contributed by atoms with E-state index in [0.717, 1.165) is 17.2 Å². The molecule has 6 rings (SSSR count). The van der Waals surface area contributed by atoms with E-state index in [2.05, 4.69) is 0 Å². The summed E-state index contributed by atoms with van der Waals surface area (Å²) in [6.07, 6.45) is 2.25. The molecule has 4 aliphatic carbocycles. The van der Waals surface area contributed by atoms with Gasteiger partial charge in [-0.15, -0.1) is 0 Å². The predicted octanol–water partition coefficient (Wildman–Crippen LogP) is 4.11. The number of ether oxygens (including phenoxy) is 2. The van der Waals surface area contributed by atoms with Crippen LogP contribution in [0.25, 0.3) is 10.8 Å². The molecule has 0 aromatic heterocycles. The molecule has 0 heterocycles. The number of rotatable bonds is 5. The smallest absolute Gasteiger partial charge is 0.454 e. The van der Waals surface area contributed by atoms with Crippen molar-refractivity contribution in [1.29, 1.82) is 0 Å². The monoisotopic (exact) mass is 480 g/mol. The Bertz CT molecular complexity index is 1240. The van der Waals surface area contributed by atoms with Gasteiger partial charge < -0.3 is 9.47 Å². The summed E-state index contributed by atoms with van der Waals surface area (Å²) < 4.78 is 69.5. The van der Waals surface area contributed by atoms with Crippen LogP contribution in [-0.4, -0.2) is 35.8 Å². The van der Waals surface area contributed by atoms with Gasteiger partial charge in [0, 0.05) is 11.8 Å². The maximum Gasteiger partial charge on any atom is 0.465 e. The van der Waals surface area contributed by atoms with E-state index in [9.17, 15) is 26.8 Å². The van der Waals surface area contributed by atoms with E-state index >= 15 is 0 Å². The third kappa shape index (κ3) is 3.59. The highest BCUT2D eigenvalue weighted by Gasteiger charge is 2.65. The van der Waals surface area contributed by atoms with Crippen LogP contribution in [0.1, 0.15) is 38.5 Å². The lowest BCUT2D eigenvalue weighted by Crippen LogP contribution is -2.61. The Hall–Kier alpha value is -2.59. The number of carbonyl (C=O) groups is 2. The first-order valence-corrected chi connectivity index (χ1v) is 12.2. The molecule has 0 spiro atoms. The average Bonchev–Trinajstić information content (AvgIpc) is 2.72. The molecule has 7 nitrogen and oxygen atoms in total. The number of alkyl halides is 2. The number of fused-ring (bicyclic) bond motifs is 1. The van der Waals surface area contributed by atoms with E-state index in [1.807, 2.05) is 30.3 Å². The molecule has 2 atom stereocenters. The second-order valence-corrected chi connectivity index (χ2v) is 11.1. The Labute approximate surface area is 188 Å². The van der Waals surface area contributed by atoms with Crippen molar-refractivity contribution in [3.8, 4) is 5.75 Å². The quantitative estimate of drug-likeness (QED) is 0.390. The number of hydrogen-bond donors (Lipinski definition) is 1. The number of benzene rings is 2. The zero-order valence-corrected chi connectivity index (χ0v) is 18.3. The molecule has 0 aliphatic heterocycles. The van der Waals surface area contributed by atoms with Gasteiger partial charge in [-0.25, -0.2) is 4.79 Å². The van der Waals surface area contributed by atoms with Crippen molar-refractivity contribution in [2.75, 3.05) is 0 Å². The average molecular weight is 480 g/mol. The fourth-order valence-corrected chi connectivity index (χ4v) is 6.64. The Morgan fingerprint density at radius 2 is 1.64 bits per heavy atom. The minimum absolute atomic E-state index is 0.0239. The first-order chi connectivity index (χ1) is 15.4. The van der Waals surface area contributed by atoms with Gasteiger partial charge in [0.25, 0.3) is 0 Å². The van der Waals surface area contributed by atoms with Crippen molar-refractivity contribution >= 4 is 32.8 Å². The van der Waals surface area contributed by atoms with Crippen molar-refractivity contribution in [3.63, 3.8) is 0 Å². The molecule has 4 saturated carbocycles. The normalized spacial score (nSPS) is 30.9. The van der Waals surface area contributed by atoms with Crippen LogP contribution >= 0.6 is 0 Å². The summed E-state index contributed by atoms with van der Waals surface area (Å²) in [6.45, 7) is 0. The zero-order valence-electron chi connectivity index (χ0n) is 17.5. The van der Waals surface area contributed by atoms with Gasteiger partial charge >= 0.3 is 27.3 Å². The molecular weight excluding hydrogens is 458 g/mol. The standard InChI is InChI=1S/C23H22F2O7S/c24-23(25,33(28,29)30)20(27)32-22-11-14-8-15(12-22)10-21(9-14,13-22)19(26)31-18-7-3-5-16-4-1-2-6-17(16)18/h1-7,14-15H,8-13H2,(H,28,29,30). The highest BCUT2D eigenvalue weighted by atomic mass is 32.2. The number of hydrogen-bond acceptors (Lipinski definition) is 6. The van der Waals surface area contributed by atoms with Crippen molar-refractivity contribution < 1.29 is 40.8 Å². The van der Waals surface area contributed by atoms with E-state index in [0.29, 0.717) is 18.6 Å². The topological polar surface area (TPSA) is 107 Å². The molecule has 2 aromatic rings. The van der Waals surface area contributed by atoms with Crippen LogP contribution in [0.15, 0.2) is 42.5 Å². The van der Waals surface area contributed by atoms with Gasteiger partial charge in [0.2, 0.25) is 0 Å². The van der Waals surface area contributed by atoms with E-state index in [1.165, 1.54) is 0 Å². The molecule has 1 N–H and O–H groups in total. The van der Waals surface area contributed by atoms with E-state index in [4.69, 9.17) is 14.0 Å². The van der Waals surface area contributed by atoms with Crippen molar-refractivity contribution in [2.45, 2.75) is 49.4 Å². The highest BCUT2D eigenvalue weighted by Crippen LogP contribution is 2.63. The first-order valence-electron chi connectivity index (χ1n) is 10.7. The minimum Gasteiger partial charge on any atom is -0.454 e. The summed E-state index contributed by atoms with van der Waals surface area (Å²) in [5.41, 5.74) is -2.41. The maximum atomic E-state index is 13.9. The van der Waals surface area contributed by atoms with Gasteiger partial charge in [0.05, 0.1) is 5.41 Å². The number of esters is 2. The third-order valence-electron chi connectivity index (χ3n) is 7.26. The van der Waals surface area contributed by atoms with Crippen LogP contribution in [-0.2, 0) is 24.4 Å². The Kier molecular flexibility index (Phi) is 4.85.